The average molecular weight is 336 g/mol. The van der Waals surface area contributed by atoms with Crippen LogP contribution < -0.4 is 5.32 Å². The van der Waals surface area contributed by atoms with Crippen LogP contribution in [0.25, 0.3) is 0 Å². The van der Waals surface area contributed by atoms with Crippen LogP contribution in [0.5, 0.6) is 0 Å². The highest BCUT2D eigenvalue weighted by atomic mass is 79.9. The standard InChI is InChI=1S/C15H12BrClN2/c1-9-5-13(6-10(2)15(9)16)19-14-4-3-12(17)7-11(14)8-18/h3-7,19H,1-2H3. The lowest BCUT2D eigenvalue weighted by Gasteiger charge is -2.12. The third-order valence-electron chi connectivity index (χ3n) is 2.82. The predicted molar refractivity (Wildman–Crippen MR) is 83.1 cm³/mol. The van der Waals surface area contributed by atoms with Crippen LogP contribution in [0.1, 0.15) is 16.7 Å². The number of nitrogens with one attached hydrogen (secondary N) is 1. The number of nitrogens with zero attached hydrogens (tertiary/aromatic N) is 1. The van der Waals surface area contributed by atoms with Gasteiger partial charge in [-0.05, 0) is 55.3 Å². The largest absolute Gasteiger partial charge is 0.354 e. The van der Waals surface area contributed by atoms with Crippen molar-refractivity contribution in [2.24, 2.45) is 0 Å². The number of aryl methyl sites for hydroxylation is 2. The van der Waals surface area contributed by atoms with Crippen LogP contribution in [0.2, 0.25) is 5.02 Å². The third-order valence-corrected chi connectivity index (χ3v) is 4.30. The molecule has 0 radical (unpaired) electrons. The first-order valence-corrected chi connectivity index (χ1v) is 6.92. The molecule has 0 saturated carbocycles. The fraction of sp³-hybridized carbons (Fsp3) is 0.133. The predicted octanol–water partition coefficient (Wildman–Crippen LogP) is 5.33. The first-order chi connectivity index (χ1) is 9.01. The minimum absolute atomic E-state index is 0.533. The number of rotatable bonds is 2. The highest BCUT2D eigenvalue weighted by Gasteiger charge is 2.06. The molecule has 96 valence electrons. The van der Waals surface area contributed by atoms with Crippen molar-refractivity contribution in [3.63, 3.8) is 0 Å². The summed E-state index contributed by atoms with van der Waals surface area (Å²) in [5.74, 6) is 0. The number of hydrogen-bond donors (Lipinski definition) is 1. The summed E-state index contributed by atoms with van der Waals surface area (Å²) in [6.07, 6.45) is 0. The minimum Gasteiger partial charge on any atom is -0.354 e. The van der Waals surface area contributed by atoms with Crippen LogP contribution in [0.4, 0.5) is 11.4 Å². The maximum Gasteiger partial charge on any atom is 0.101 e. The van der Waals surface area contributed by atoms with E-state index in [-0.39, 0.29) is 0 Å². The molecule has 0 aliphatic rings. The molecule has 0 aliphatic carbocycles. The second kappa shape index (κ2) is 5.64. The van der Waals surface area contributed by atoms with E-state index in [2.05, 4.69) is 27.3 Å². The second-order valence-electron chi connectivity index (χ2n) is 4.35. The van der Waals surface area contributed by atoms with Crippen molar-refractivity contribution < 1.29 is 0 Å². The molecule has 0 heterocycles. The van der Waals surface area contributed by atoms with E-state index in [1.165, 1.54) is 0 Å². The molecule has 2 aromatic carbocycles. The molecule has 0 unspecified atom stereocenters. The van der Waals surface area contributed by atoms with Gasteiger partial charge in [0, 0.05) is 15.2 Å². The van der Waals surface area contributed by atoms with E-state index in [0.29, 0.717) is 10.6 Å². The van der Waals surface area contributed by atoms with Crippen molar-refractivity contribution in [3.05, 3.63) is 56.5 Å². The van der Waals surface area contributed by atoms with Crippen molar-refractivity contribution in [1.82, 2.24) is 0 Å². The van der Waals surface area contributed by atoms with E-state index >= 15 is 0 Å². The normalized spacial score (nSPS) is 10.1. The van der Waals surface area contributed by atoms with Gasteiger partial charge < -0.3 is 5.32 Å². The van der Waals surface area contributed by atoms with E-state index in [9.17, 15) is 0 Å². The van der Waals surface area contributed by atoms with Gasteiger partial charge in [0.2, 0.25) is 0 Å². The van der Waals surface area contributed by atoms with Crippen molar-refractivity contribution in [2.45, 2.75) is 13.8 Å². The van der Waals surface area contributed by atoms with Gasteiger partial charge in [0.15, 0.2) is 0 Å². The number of hydrogen-bond acceptors (Lipinski definition) is 2. The Labute approximate surface area is 126 Å². The van der Waals surface area contributed by atoms with E-state index < -0.39 is 0 Å². The van der Waals surface area contributed by atoms with Gasteiger partial charge in [0.05, 0.1) is 11.3 Å². The Hall–Kier alpha value is -1.50. The monoisotopic (exact) mass is 334 g/mol. The fourth-order valence-electron chi connectivity index (χ4n) is 1.89. The summed E-state index contributed by atoms with van der Waals surface area (Å²) in [5, 5.41) is 12.9. The molecule has 0 saturated heterocycles. The molecule has 0 aliphatic heterocycles. The van der Waals surface area contributed by atoms with Crippen LogP contribution in [0, 0.1) is 25.2 Å². The molecule has 0 amide bonds. The van der Waals surface area contributed by atoms with E-state index in [1.54, 1.807) is 12.1 Å². The molecule has 2 aromatic rings. The number of benzene rings is 2. The second-order valence-corrected chi connectivity index (χ2v) is 5.58. The van der Waals surface area contributed by atoms with Crippen LogP contribution in [-0.2, 0) is 0 Å². The molecular weight excluding hydrogens is 324 g/mol. The van der Waals surface area contributed by atoms with Crippen molar-refractivity contribution in [3.8, 4) is 6.07 Å². The summed E-state index contributed by atoms with van der Waals surface area (Å²) in [7, 11) is 0. The summed E-state index contributed by atoms with van der Waals surface area (Å²) < 4.78 is 1.11. The Morgan fingerprint density at radius 1 is 1.16 bits per heavy atom. The zero-order valence-electron chi connectivity index (χ0n) is 10.6. The van der Waals surface area contributed by atoms with Crippen LogP contribution in [-0.4, -0.2) is 0 Å². The Kier molecular flexibility index (Phi) is 4.14. The number of anilines is 2. The average Bonchev–Trinajstić information content (AvgIpc) is 2.38. The van der Waals surface area contributed by atoms with Crippen LogP contribution in [0.15, 0.2) is 34.8 Å². The topological polar surface area (TPSA) is 35.8 Å². The zero-order chi connectivity index (χ0) is 14.0. The van der Waals surface area contributed by atoms with Gasteiger partial charge in [-0.3, -0.25) is 0 Å². The van der Waals surface area contributed by atoms with Gasteiger partial charge >= 0.3 is 0 Å². The summed E-state index contributed by atoms with van der Waals surface area (Å²) in [5.41, 5.74) is 4.54. The van der Waals surface area contributed by atoms with Gasteiger partial charge in [-0.15, -0.1) is 0 Å². The summed E-state index contributed by atoms with van der Waals surface area (Å²) in [6.45, 7) is 4.07. The molecule has 4 heteroatoms. The smallest absolute Gasteiger partial charge is 0.101 e. The van der Waals surface area contributed by atoms with E-state index in [0.717, 1.165) is 27.0 Å². The SMILES string of the molecule is Cc1cc(Nc2ccc(Cl)cc2C#N)cc(C)c1Br. The maximum atomic E-state index is 9.12. The summed E-state index contributed by atoms with van der Waals surface area (Å²) >= 11 is 9.42. The summed E-state index contributed by atoms with van der Waals surface area (Å²) in [4.78, 5) is 0. The molecule has 1 N–H and O–H groups in total. The van der Waals surface area contributed by atoms with Crippen molar-refractivity contribution in [2.75, 3.05) is 5.32 Å². The van der Waals surface area contributed by atoms with Crippen molar-refractivity contribution in [1.29, 1.82) is 5.26 Å². The zero-order valence-corrected chi connectivity index (χ0v) is 12.9. The van der Waals surface area contributed by atoms with Gasteiger partial charge in [-0.2, -0.15) is 5.26 Å². The quantitative estimate of drug-likeness (QED) is 0.804. The van der Waals surface area contributed by atoms with Crippen molar-refractivity contribution >= 4 is 38.9 Å². The fourth-order valence-corrected chi connectivity index (χ4v) is 2.29. The van der Waals surface area contributed by atoms with E-state index in [1.807, 2.05) is 32.0 Å². The van der Waals surface area contributed by atoms with Gasteiger partial charge in [-0.1, -0.05) is 27.5 Å². The molecule has 0 spiro atoms. The molecule has 19 heavy (non-hydrogen) atoms. The van der Waals surface area contributed by atoms with E-state index in [4.69, 9.17) is 16.9 Å². The molecule has 2 rings (SSSR count). The minimum atomic E-state index is 0.533. The highest BCUT2D eigenvalue weighted by molar-refractivity contribution is 9.10. The lowest BCUT2D eigenvalue weighted by Crippen LogP contribution is -1.95. The molecule has 0 fully saturated rings. The maximum absolute atomic E-state index is 9.12. The lowest BCUT2D eigenvalue weighted by atomic mass is 10.1. The lowest BCUT2D eigenvalue weighted by molar-refractivity contribution is 1.33. The van der Waals surface area contributed by atoms with Gasteiger partial charge in [0.25, 0.3) is 0 Å². The Morgan fingerprint density at radius 3 is 2.37 bits per heavy atom. The first kappa shape index (κ1) is 13.9. The first-order valence-electron chi connectivity index (χ1n) is 5.74. The van der Waals surface area contributed by atoms with Crippen LogP contribution >= 0.6 is 27.5 Å². The van der Waals surface area contributed by atoms with Crippen LogP contribution in [0.3, 0.4) is 0 Å². The third kappa shape index (κ3) is 3.09. The highest BCUT2D eigenvalue weighted by Crippen LogP contribution is 2.28. The summed E-state index contributed by atoms with van der Waals surface area (Å²) in [6, 6.07) is 11.4. The molecule has 0 atom stereocenters. The van der Waals surface area contributed by atoms with Gasteiger partial charge in [-0.25, -0.2) is 0 Å². The van der Waals surface area contributed by atoms with Gasteiger partial charge in [0.1, 0.15) is 6.07 Å². The molecule has 0 bridgehead atoms. The Morgan fingerprint density at radius 2 is 1.79 bits per heavy atom. The number of nitriles is 1. The molecular formula is C15H12BrClN2. The Bertz CT molecular complexity index is 651. The molecule has 2 nitrogen and oxygen atoms in total. The Balaban J connectivity index is 2.40. The molecule has 0 aromatic heterocycles. The number of halogens is 2.